The van der Waals surface area contributed by atoms with Gasteiger partial charge in [-0.25, -0.2) is 19.7 Å². The molecule has 2 saturated heterocycles. The summed E-state index contributed by atoms with van der Waals surface area (Å²) < 4.78 is 7.08. The molecule has 448 valence electrons. The van der Waals surface area contributed by atoms with Crippen LogP contribution in [0.1, 0.15) is 126 Å². The molecule has 5 N–H and O–H groups in total. The minimum absolute atomic E-state index is 0.0266. The number of anilines is 2. The lowest BCUT2D eigenvalue weighted by Gasteiger charge is -2.45. The number of fused-ring (bicyclic) bond motifs is 2. The van der Waals surface area contributed by atoms with Gasteiger partial charge in [-0.1, -0.05) is 92.5 Å². The standard InChI is InChI=1S/C66H73N9O8S3/c1-41-56(84-40-68-41)45-20-16-43(17-21-45)37-67-60(79)52-36-47(76)38-75(52)61(80)57(65(2,3)4)71-58(77)46-24-27-66(28-25-46)29-33-73(34-30-66)31-8-10-42-18-22-48(23-19-42)83-35-9-15-54-55(62(81)82)70-64(86-54)74-32-26-44-11-7-12-49(50(44)39-74)59(78)72-63-69-51-13-5-6-14-53(51)85-63/h5-7,11-14,16-23,40,46-47,52,57,76H,9,15,24-39H2,1-4H3,(H,67,79)(H,71,77)(H,81,82)(H,69,72,78)/t47-,52+,57-/m1/s1. The van der Waals surface area contributed by atoms with E-state index in [-0.39, 0.29) is 60.2 Å². The number of hydrogen-bond acceptors (Lipinski definition) is 15. The summed E-state index contributed by atoms with van der Waals surface area (Å²) in [6.45, 7) is 12.1. The monoisotopic (exact) mass is 1220 g/mol. The van der Waals surface area contributed by atoms with Crippen molar-refractivity contribution in [1.29, 1.82) is 0 Å². The van der Waals surface area contributed by atoms with Crippen LogP contribution < -0.4 is 25.6 Å². The summed E-state index contributed by atoms with van der Waals surface area (Å²) in [6.07, 6.45) is 6.55. The maximum Gasteiger partial charge on any atom is 0.355 e. The molecular weight excluding hydrogens is 1140 g/mol. The van der Waals surface area contributed by atoms with Gasteiger partial charge in [-0.15, -0.1) is 22.7 Å². The zero-order chi connectivity index (χ0) is 60.1. The highest BCUT2D eigenvalue weighted by molar-refractivity contribution is 7.22. The molecule has 0 unspecified atom stereocenters. The number of hydrogen-bond donors (Lipinski definition) is 5. The summed E-state index contributed by atoms with van der Waals surface area (Å²) in [6, 6.07) is 27.5. The van der Waals surface area contributed by atoms with Crippen LogP contribution >= 0.6 is 34.0 Å². The summed E-state index contributed by atoms with van der Waals surface area (Å²) >= 11 is 4.40. The minimum Gasteiger partial charge on any atom is -0.494 e. The molecule has 3 aliphatic heterocycles. The van der Waals surface area contributed by atoms with Crippen LogP contribution in [0.4, 0.5) is 10.3 Å². The van der Waals surface area contributed by atoms with E-state index in [4.69, 9.17) is 4.74 Å². The van der Waals surface area contributed by atoms with E-state index >= 15 is 0 Å². The SMILES string of the molecule is Cc1ncsc1-c1ccc(CNC(=O)[C@@H]2C[C@@H](O)CN2C(=O)[C@@H](NC(=O)C2CCC3(CC2)CCN(CC#Cc2ccc(OCCCc4sc(N5CCc6cccc(C(=O)Nc7nc8ccccc8s7)c6C5)nc4C(=O)O)cc2)CC3)C(C)(C)C)cc1. The number of piperidine rings is 1. The van der Waals surface area contributed by atoms with Crippen LogP contribution in [0.5, 0.6) is 5.75 Å². The van der Waals surface area contributed by atoms with E-state index in [1.54, 1.807) is 11.3 Å². The second-order valence-electron chi connectivity index (χ2n) is 24.3. The third-order valence-corrected chi connectivity index (χ3v) is 20.5. The average Bonchev–Trinajstić information content (AvgIpc) is 2.31. The molecule has 0 bridgehead atoms. The number of benzene rings is 4. The van der Waals surface area contributed by atoms with Crippen molar-refractivity contribution in [3.8, 4) is 28.0 Å². The first-order valence-corrected chi connectivity index (χ1v) is 32.2. The third-order valence-electron chi connectivity index (χ3n) is 17.4. The number of para-hydroxylation sites is 1. The first kappa shape index (κ1) is 60.2. The van der Waals surface area contributed by atoms with Crippen molar-refractivity contribution in [3.05, 3.63) is 141 Å². The fourth-order valence-corrected chi connectivity index (χ4v) is 15.2. The second kappa shape index (κ2) is 26.2. The molecule has 4 aliphatic rings. The van der Waals surface area contributed by atoms with Crippen molar-refractivity contribution in [2.75, 3.05) is 49.5 Å². The van der Waals surface area contributed by atoms with Gasteiger partial charge < -0.3 is 35.4 Å². The highest BCUT2D eigenvalue weighted by atomic mass is 32.1. The molecule has 7 aromatic rings. The Bertz CT molecular complexity index is 3640. The Kier molecular flexibility index (Phi) is 18.3. The smallest absolute Gasteiger partial charge is 0.355 e. The number of aromatic nitrogens is 3. The molecule has 3 aromatic heterocycles. The summed E-state index contributed by atoms with van der Waals surface area (Å²) in [5.41, 5.74) is 8.64. The Morgan fingerprint density at radius 1 is 0.884 bits per heavy atom. The van der Waals surface area contributed by atoms with Crippen molar-refractivity contribution in [2.45, 2.75) is 123 Å². The van der Waals surface area contributed by atoms with Gasteiger partial charge in [0.15, 0.2) is 16.0 Å². The number of thiazole rings is 3. The van der Waals surface area contributed by atoms with Crippen molar-refractivity contribution < 1.29 is 38.9 Å². The van der Waals surface area contributed by atoms with Crippen LogP contribution in [0, 0.1) is 35.5 Å². The number of ether oxygens (including phenoxy) is 1. The lowest BCUT2D eigenvalue weighted by atomic mass is 9.65. The molecular formula is C66H73N9O8S3. The van der Waals surface area contributed by atoms with E-state index in [1.807, 2.05) is 124 Å². The maximum absolute atomic E-state index is 14.4. The summed E-state index contributed by atoms with van der Waals surface area (Å²) in [4.78, 5) is 89.2. The van der Waals surface area contributed by atoms with Crippen molar-refractivity contribution in [3.63, 3.8) is 0 Å². The van der Waals surface area contributed by atoms with Crippen LogP contribution in [-0.2, 0) is 40.3 Å². The van der Waals surface area contributed by atoms with Gasteiger partial charge in [-0.2, -0.15) is 0 Å². The molecule has 6 heterocycles. The number of carboxylic acids is 1. The van der Waals surface area contributed by atoms with Gasteiger partial charge in [-0.3, -0.25) is 29.4 Å². The van der Waals surface area contributed by atoms with Crippen LogP contribution in [0.2, 0.25) is 0 Å². The predicted octanol–water partition coefficient (Wildman–Crippen LogP) is 10.1. The lowest BCUT2D eigenvalue weighted by Crippen LogP contribution is -2.58. The summed E-state index contributed by atoms with van der Waals surface area (Å²) in [5, 5.41) is 31.2. The van der Waals surface area contributed by atoms with Gasteiger partial charge in [0.1, 0.15) is 17.8 Å². The number of likely N-dealkylation sites (tertiary alicyclic amines) is 2. The Hall–Kier alpha value is -7.54. The fourth-order valence-electron chi connectivity index (χ4n) is 12.4. The Morgan fingerprint density at radius 3 is 2.37 bits per heavy atom. The number of nitrogens with zero attached hydrogens (tertiary/aromatic N) is 6. The number of carbonyl (C=O) groups excluding carboxylic acids is 4. The molecule has 17 nitrogen and oxygen atoms in total. The molecule has 4 aromatic carbocycles. The highest BCUT2D eigenvalue weighted by Gasteiger charge is 2.46. The topological polar surface area (TPSA) is 220 Å². The number of nitrogens with one attached hydrogen (secondary N) is 3. The molecule has 0 radical (unpaired) electrons. The van der Waals surface area contributed by atoms with E-state index in [0.29, 0.717) is 72.0 Å². The van der Waals surface area contributed by atoms with Gasteiger partial charge in [0.2, 0.25) is 17.7 Å². The van der Waals surface area contributed by atoms with Gasteiger partial charge in [0, 0.05) is 54.5 Å². The number of carboxylic acid groups (broad SMARTS) is 1. The van der Waals surface area contributed by atoms with E-state index in [0.717, 1.165) is 100 Å². The predicted molar refractivity (Wildman–Crippen MR) is 337 cm³/mol. The first-order valence-electron chi connectivity index (χ1n) is 29.7. The highest BCUT2D eigenvalue weighted by Crippen LogP contribution is 2.47. The number of amides is 4. The molecule has 3 fully saturated rings. The Labute approximate surface area is 513 Å². The van der Waals surface area contributed by atoms with Crippen LogP contribution in [-0.4, -0.2) is 122 Å². The molecule has 4 amide bonds. The molecule has 11 rings (SSSR count). The molecule has 86 heavy (non-hydrogen) atoms. The maximum atomic E-state index is 14.4. The van der Waals surface area contributed by atoms with Crippen LogP contribution in [0.3, 0.4) is 0 Å². The average molecular weight is 1220 g/mol. The number of aromatic carboxylic acids is 1. The van der Waals surface area contributed by atoms with Crippen LogP contribution in [0.25, 0.3) is 20.7 Å². The first-order chi connectivity index (χ1) is 41.5. The molecule has 3 atom stereocenters. The Morgan fingerprint density at radius 2 is 1.65 bits per heavy atom. The van der Waals surface area contributed by atoms with Crippen LogP contribution in [0.15, 0.2) is 96.5 Å². The molecule has 20 heteroatoms. The van der Waals surface area contributed by atoms with E-state index in [2.05, 4.69) is 52.5 Å². The number of aliphatic hydroxyl groups is 1. The number of carbonyl (C=O) groups is 5. The third kappa shape index (κ3) is 14.0. The van der Waals surface area contributed by atoms with E-state index < -0.39 is 29.6 Å². The zero-order valence-electron chi connectivity index (χ0n) is 49.0. The molecule has 1 spiro atoms. The van der Waals surface area contributed by atoms with Gasteiger partial charge in [-0.05, 0) is 153 Å². The summed E-state index contributed by atoms with van der Waals surface area (Å²) in [7, 11) is 0. The molecule has 1 saturated carbocycles. The van der Waals surface area contributed by atoms with E-state index in [9.17, 15) is 34.2 Å². The Balaban J connectivity index is 0.600. The minimum atomic E-state index is -1.07. The van der Waals surface area contributed by atoms with E-state index in [1.165, 1.54) is 27.6 Å². The van der Waals surface area contributed by atoms with Gasteiger partial charge in [0.05, 0.1) is 45.6 Å². The van der Waals surface area contributed by atoms with Crippen molar-refractivity contribution in [2.24, 2.45) is 16.7 Å². The number of rotatable bonds is 17. The zero-order valence-corrected chi connectivity index (χ0v) is 51.5. The molecule has 1 aliphatic carbocycles. The largest absolute Gasteiger partial charge is 0.494 e. The fraction of sp³-hybridized carbons (Fsp3) is 0.424. The quantitative estimate of drug-likeness (QED) is 0.0424. The van der Waals surface area contributed by atoms with Crippen molar-refractivity contribution >= 4 is 84.1 Å². The van der Waals surface area contributed by atoms with Gasteiger partial charge in [0.25, 0.3) is 5.91 Å². The number of aryl methyl sites for hydroxylation is 2. The van der Waals surface area contributed by atoms with Crippen molar-refractivity contribution in [1.82, 2.24) is 35.4 Å². The number of aliphatic hydroxyl groups excluding tert-OH is 1. The second-order valence-corrected chi connectivity index (χ2v) is 27.3. The van der Waals surface area contributed by atoms with Gasteiger partial charge >= 0.3 is 5.97 Å². The summed E-state index contributed by atoms with van der Waals surface area (Å²) in [5.74, 6) is 5.07. The lowest BCUT2D eigenvalue weighted by molar-refractivity contribution is -0.145. The normalized spacial score (nSPS) is 18.2. The number of β-amino-alcohol motifs (C(OH)–C–C–N with tert-alkyl or cyclic N) is 1.